The van der Waals surface area contributed by atoms with Crippen LogP contribution < -0.4 is 10.6 Å². The second kappa shape index (κ2) is 10.1. The van der Waals surface area contributed by atoms with Crippen LogP contribution in [0.5, 0.6) is 0 Å². The van der Waals surface area contributed by atoms with E-state index in [1.807, 2.05) is 24.3 Å². The maximum Gasteiger partial charge on any atom is 0.191 e. The third kappa shape index (κ3) is 5.33. The molecule has 2 fully saturated rings. The molecule has 2 saturated heterocycles. The largest absolute Gasteiger partial charge is 0.381 e. The Morgan fingerprint density at radius 2 is 2.04 bits per heavy atom. The fourth-order valence-corrected chi connectivity index (χ4v) is 3.80. The lowest BCUT2D eigenvalue weighted by molar-refractivity contribution is 0.00246. The van der Waals surface area contributed by atoms with Gasteiger partial charge >= 0.3 is 0 Å². The van der Waals surface area contributed by atoms with Gasteiger partial charge in [0, 0.05) is 56.8 Å². The number of halogens is 1. The van der Waals surface area contributed by atoms with Crippen molar-refractivity contribution < 1.29 is 9.47 Å². The van der Waals surface area contributed by atoms with E-state index in [-0.39, 0.29) is 0 Å². The van der Waals surface area contributed by atoms with Crippen LogP contribution in [0.2, 0.25) is 5.02 Å². The van der Waals surface area contributed by atoms with Gasteiger partial charge in [0.25, 0.3) is 0 Å². The van der Waals surface area contributed by atoms with Crippen molar-refractivity contribution in [2.45, 2.75) is 19.0 Å². The predicted molar refractivity (Wildman–Crippen MR) is 105 cm³/mol. The summed E-state index contributed by atoms with van der Waals surface area (Å²) in [7, 11) is 1.80. The maximum absolute atomic E-state index is 6.23. The molecule has 1 aromatic carbocycles. The molecular formula is C19H29ClN4O2. The Bertz CT molecular complexity index is 587. The third-order valence-electron chi connectivity index (χ3n) is 5.13. The van der Waals surface area contributed by atoms with Crippen LogP contribution in [0.4, 0.5) is 0 Å². The molecule has 2 atom stereocenters. The monoisotopic (exact) mass is 380 g/mol. The average Bonchev–Trinajstić information content (AvgIpc) is 3.21. The van der Waals surface area contributed by atoms with E-state index in [2.05, 4.69) is 20.5 Å². The Kier molecular flexibility index (Phi) is 7.55. The second-order valence-corrected chi connectivity index (χ2v) is 7.14. The molecule has 144 valence electrons. The van der Waals surface area contributed by atoms with Crippen LogP contribution in [0.25, 0.3) is 0 Å². The molecule has 1 aromatic rings. The first-order valence-corrected chi connectivity index (χ1v) is 9.73. The van der Waals surface area contributed by atoms with Crippen LogP contribution in [0.3, 0.4) is 0 Å². The standard InChI is InChI=1S/C19H29ClN4O2/c1-21-19(22-12-15-4-2-3-5-17(15)20)23-13-18(16-6-9-26-14-16)24-7-10-25-11-8-24/h2-5,16,18H,6-14H2,1H3,(H2,21,22,23). The first-order chi connectivity index (χ1) is 12.8. The van der Waals surface area contributed by atoms with Gasteiger partial charge in [0.2, 0.25) is 0 Å². The second-order valence-electron chi connectivity index (χ2n) is 6.74. The summed E-state index contributed by atoms with van der Waals surface area (Å²) in [5, 5.41) is 7.61. The lowest BCUT2D eigenvalue weighted by Gasteiger charge is -2.37. The molecule has 2 heterocycles. The van der Waals surface area contributed by atoms with Crippen LogP contribution in [0.1, 0.15) is 12.0 Å². The van der Waals surface area contributed by atoms with Crippen LogP contribution in [0, 0.1) is 5.92 Å². The molecule has 26 heavy (non-hydrogen) atoms. The molecule has 3 rings (SSSR count). The van der Waals surface area contributed by atoms with Crippen molar-refractivity contribution in [3.05, 3.63) is 34.9 Å². The van der Waals surface area contributed by atoms with Crippen LogP contribution in [-0.2, 0) is 16.0 Å². The molecule has 2 aliphatic heterocycles. The number of rotatable bonds is 6. The Labute approximate surface area is 160 Å². The number of morpholine rings is 1. The van der Waals surface area contributed by atoms with Crippen molar-refractivity contribution in [1.29, 1.82) is 0 Å². The zero-order chi connectivity index (χ0) is 18.2. The Morgan fingerprint density at radius 3 is 2.73 bits per heavy atom. The zero-order valence-electron chi connectivity index (χ0n) is 15.4. The van der Waals surface area contributed by atoms with Gasteiger partial charge in [-0.05, 0) is 18.1 Å². The highest BCUT2D eigenvalue weighted by atomic mass is 35.5. The summed E-state index contributed by atoms with van der Waals surface area (Å²) in [4.78, 5) is 6.88. The van der Waals surface area contributed by atoms with Crippen molar-refractivity contribution in [2.24, 2.45) is 10.9 Å². The summed E-state index contributed by atoms with van der Waals surface area (Å²) in [6, 6.07) is 8.29. The Morgan fingerprint density at radius 1 is 1.23 bits per heavy atom. The summed E-state index contributed by atoms with van der Waals surface area (Å²) < 4.78 is 11.2. The van der Waals surface area contributed by atoms with Gasteiger partial charge < -0.3 is 20.1 Å². The molecule has 0 radical (unpaired) electrons. The number of benzene rings is 1. The molecule has 2 N–H and O–H groups in total. The molecule has 2 aliphatic rings. The molecule has 0 amide bonds. The average molecular weight is 381 g/mol. The first-order valence-electron chi connectivity index (χ1n) is 9.35. The number of nitrogens with zero attached hydrogens (tertiary/aromatic N) is 2. The first kappa shape index (κ1) is 19.4. The van der Waals surface area contributed by atoms with E-state index in [9.17, 15) is 0 Å². The molecule has 0 aromatic heterocycles. The van der Waals surface area contributed by atoms with Crippen molar-refractivity contribution >= 4 is 17.6 Å². The number of aliphatic imine (C=N–C) groups is 1. The highest BCUT2D eigenvalue weighted by Crippen LogP contribution is 2.22. The van der Waals surface area contributed by atoms with Crippen molar-refractivity contribution in [1.82, 2.24) is 15.5 Å². The van der Waals surface area contributed by atoms with Gasteiger partial charge in [-0.3, -0.25) is 9.89 Å². The van der Waals surface area contributed by atoms with Crippen LogP contribution in [-0.4, -0.2) is 70.0 Å². The van der Waals surface area contributed by atoms with E-state index in [1.54, 1.807) is 7.05 Å². The molecule has 2 unspecified atom stereocenters. The van der Waals surface area contributed by atoms with Gasteiger partial charge in [0.05, 0.1) is 19.8 Å². The smallest absolute Gasteiger partial charge is 0.191 e. The van der Waals surface area contributed by atoms with E-state index in [0.29, 0.717) is 18.5 Å². The van der Waals surface area contributed by atoms with Gasteiger partial charge in [-0.25, -0.2) is 0 Å². The minimum atomic E-state index is 0.431. The van der Waals surface area contributed by atoms with E-state index in [4.69, 9.17) is 21.1 Å². The summed E-state index contributed by atoms with van der Waals surface area (Å²) in [5.74, 6) is 1.35. The molecule has 0 aliphatic carbocycles. The van der Waals surface area contributed by atoms with E-state index in [1.165, 1.54) is 0 Å². The molecule has 0 bridgehead atoms. The predicted octanol–water partition coefficient (Wildman–Crippen LogP) is 1.74. The van der Waals surface area contributed by atoms with Gasteiger partial charge in [0.1, 0.15) is 0 Å². The van der Waals surface area contributed by atoms with Crippen LogP contribution in [0.15, 0.2) is 29.3 Å². The Balaban J connectivity index is 1.54. The van der Waals surface area contributed by atoms with E-state index >= 15 is 0 Å². The Hall–Kier alpha value is -1.34. The lowest BCUT2D eigenvalue weighted by Crippen LogP contribution is -2.53. The molecule has 0 saturated carbocycles. The van der Waals surface area contributed by atoms with Crippen molar-refractivity contribution in [3.63, 3.8) is 0 Å². The van der Waals surface area contributed by atoms with Gasteiger partial charge in [-0.15, -0.1) is 0 Å². The highest BCUT2D eigenvalue weighted by molar-refractivity contribution is 6.31. The fraction of sp³-hybridized carbons (Fsp3) is 0.632. The lowest BCUT2D eigenvalue weighted by atomic mass is 9.97. The topological polar surface area (TPSA) is 58.1 Å². The van der Waals surface area contributed by atoms with Gasteiger partial charge in [-0.1, -0.05) is 29.8 Å². The minimum absolute atomic E-state index is 0.431. The van der Waals surface area contributed by atoms with Crippen molar-refractivity contribution in [2.75, 3.05) is 53.1 Å². The number of ether oxygens (including phenoxy) is 2. The van der Waals surface area contributed by atoms with Gasteiger partial charge in [0.15, 0.2) is 5.96 Å². The minimum Gasteiger partial charge on any atom is -0.381 e. The zero-order valence-corrected chi connectivity index (χ0v) is 16.2. The summed E-state index contributed by atoms with van der Waals surface area (Å²) in [6.45, 7) is 6.78. The third-order valence-corrected chi connectivity index (χ3v) is 5.50. The number of hydrogen-bond acceptors (Lipinski definition) is 4. The number of nitrogens with one attached hydrogen (secondary N) is 2. The van der Waals surface area contributed by atoms with Crippen LogP contribution >= 0.6 is 11.6 Å². The molecule has 7 heteroatoms. The maximum atomic E-state index is 6.23. The van der Waals surface area contributed by atoms with E-state index < -0.39 is 0 Å². The summed E-state index contributed by atoms with van der Waals surface area (Å²) in [6.07, 6.45) is 1.12. The molecule has 6 nitrogen and oxygen atoms in total. The summed E-state index contributed by atoms with van der Waals surface area (Å²) >= 11 is 6.23. The normalized spacial score (nSPS) is 23.0. The SMILES string of the molecule is CN=C(NCc1ccccc1Cl)NCC(C1CCOC1)N1CCOCC1. The number of guanidine groups is 1. The van der Waals surface area contributed by atoms with Crippen molar-refractivity contribution in [3.8, 4) is 0 Å². The molecular weight excluding hydrogens is 352 g/mol. The quantitative estimate of drug-likeness (QED) is 0.581. The van der Waals surface area contributed by atoms with E-state index in [0.717, 1.165) is 69.0 Å². The highest BCUT2D eigenvalue weighted by Gasteiger charge is 2.31. The summed E-state index contributed by atoms with van der Waals surface area (Å²) in [5.41, 5.74) is 1.06. The molecule has 0 spiro atoms. The van der Waals surface area contributed by atoms with Gasteiger partial charge in [-0.2, -0.15) is 0 Å². The number of hydrogen-bond donors (Lipinski definition) is 2. The fourth-order valence-electron chi connectivity index (χ4n) is 3.60.